The monoisotopic (exact) mass is 294 g/mol. The van der Waals surface area contributed by atoms with Crippen LogP contribution in [0.4, 0.5) is 0 Å². The van der Waals surface area contributed by atoms with E-state index in [4.69, 9.17) is 9.47 Å². The van der Waals surface area contributed by atoms with Crippen LogP contribution in [-0.2, 0) is 19.1 Å². The van der Waals surface area contributed by atoms with Gasteiger partial charge in [0.1, 0.15) is 0 Å². The van der Waals surface area contributed by atoms with Gasteiger partial charge in [0.2, 0.25) is 0 Å². The Hall–Kier alpha value is -1.40. The van der Waals surface area contributed by atoms with Crippen LogP contribution in [0.3, 0.4) is 0 Å². The number of ether oxygens (including phenoxy) is 2. The van der Waals surface area contributed by atoms with Crippen molar-refractivity contribution in [2.24, 2.45) is 23.7 Å². The molecule has 0 amide bonds. The summed E-state index contributed by atoms with van der Waals surface area (Å²) in [7, 11) is 0. The van der Waals surface area contributed by atoms with Gasteiger partial charge in [0.15, 0.2) is 0 Å². The predicted octanol–water partition coefficient (Wildman–Crippen LogP) is 0.912. The molecular formula is C15H18O6. The van der Waals surface area contributed by atoms with E-state index in [0.717, 1.165) is 37.2 Å². The highest BCUT2D eigenvalue weighted by molar-refractivity contribution is 5.83. The van der Waals surface area contributed by atoms with Crippen molar-refractivity contribution in [2.45, 2.75) is 31.5 Å². The Morgan fingerprint density at radius 1 is 0.905 bits per heavy atom. The lowest BCUT2D eigenvalue weighted by Gasteiger charge is -2.29. The molecule has 3 fully saturated rings. The molecule has 0 spiro atoms. The molecule has 2 heterocycles. The van der Waals surface area contributed by atoms with Gasteiger partial charge in [0.25, 0.3) is 0 Å². The van der Waals surface area contributed by atoms with Crippen molar-refractivity contribution in [3.05, 3.63) is 11.1 Å². The molecule has 6 unspecified atom stereocenters. The number of aliphatic carboxylic acids is 2. The van der Waals surface area contributed by atoms with Crippen LogP contribution < -0.4 is 0 Å². The average Bonchev–Trinajstić information content (AvgIpc) is 3.31. The largest absolute Gasteiger partial charge is 0.481 e. The fourth-order valence-corrected chi connectivity index (χ4v) is 4.34. The molecule has 0 radical (unpaired) electrons. The molecule has 6 atom stereocenters. The van der Waals surface area contributed by atoms with Gasteiger partial charge in [-0.05, 0) is 31.1 Å². The van der Waals surface area contributed by atoms with Crippen molar-refractivity contribution in [1.29, 1.82) is 0 Å². The van der Waals surface area contributed by atoms with E-state index in [1.165, 1.54) is 0 Å². The Morgan fingerprint density at radius 3 is 1.57 bits per heavy atom. The minimum absolute atomic E-state index is 0.133. The van der Waals surface area contributed by atoms with Gasteiger partial charge in [-0.15, -0.1) is 0 Å². The summed E-state index contributed by atoms with van der Waals surface area (Å²) < 4.78 is 10.6. The molecule has 0 aromatic heterocycles. The van der Waals surface area contributed by atoms with Crippen LogP contribution in [0, 0.1) is 23.7 Å². The quantitative estimate of drug-likeness (QED) is 0.558. The minimum atomic E-state index is -0.981. The lowest BCUT2D eigenvalue weighted by Crippen LogP contribution is -2.36. The standard InChI is InChI=1S/C15H18O6/c16-14(17)12-10-3-11(13(12)15(18)19)9(2-7-5-21-7)8(10)1-6-4-20-6/h6-7,10-13H,1-5H2,(H,16,17)(H,18,19). The molecule has 4 aliphatic rings. The number of fused-ring (bicyclic) bond motifs is 2. The molecule has 2 bridgehead atoms. The first-order valence-electron chi connectivity index (χ1n) is 7.47. The van der Waals surface area contributed by atoms with E-state index in [1.54, 1.807) is 0 Å². The van der Waals surface area contributed by atoms with E-state index in [1.807, 2.05) is 0 Å². The van der Waals surface area contributed by atoms with Gasteiger partial charge < -0.3 is 19.7 Å². The summed E-state index contributed by atoms with van der Waals surface area (Å²) in [5.41, 5.74) is 2.31. The molecule has 21 heavy (non-hydrogen) atoms. The van der Waals surface area contributed by atoms with Crippen LogP contribution in [0.25, 0.3) is 0 Å². The number of hydrogen-bond acceptors (Lipinski definition) is 4. The number of rotatable bonds is 6. The summed E-state index contributed by atoms with van der Waals surface area (Å²) in [5, 5.41) is 18.9. The molecule has 6 heteroatoms. The minimum Gasteiger partial charge on any atom is -0.481 e. The average molecular weight is 294 g/mol. The molecule has 0 aromatic carbocycles. The molecule has 2 aliphatic heterocycles. The van der Waals surface area contributed by atoms with E-state index >= 15 is 0 Å². The zero-order chi connectivity index (χ0) is 14.7. The molecule has 0 aromatic rings. The van der Waals surface area contributed by atoms with Crippen LogP contribution in [0.15, 0.2) is 11.1 Å². The molecule has 2 saturated heterocycles. The van der Waals surface area contributed by atoms with E-state index < -0.39 is 23.8 Å². The third-order valence-electron chi connectivity index (χ3n) is 5.34. The summed E-state index contributed by atoms with van der Waals surface area (Å²) in [6.07, 6.45) is 2.59. The third kappa shape index (κ3) is 2.17. The highest BCUT2D eigenvalue weighted by atomic mass is 16.6. The first-order chi connectivity index (χ1) is 10.1. The van der Waals surface area contributed by atoms with Crippen molar-refractivity contribution in [3.63, 3.8) is 0 Å². The molecule has 1 saturated carbocycles. The van der Waals surface area contributed by atoms with Crippen molar-refractivity contribution in [1.82, 2.24) is 0 Å². The SMILES string of the molecule is O=C(O)C1C2CC(C(CC3CO3)=C2CC2CO2)C1C(=O)O. The Morgan fingerprint density at radius 2 is 1.29 bits per heavy atom. The molecule has 114 valence electrons. The van der Waals surface area contributed by atoms with Gasteiger partial charge in [-0.3, -0.25) is 9.59 Å². The van der Waals surface area contributed by atoms with Gasteiger partial charge >= 0.3 is 11.9 Å². The molecule has 2 aliphatic carbocycles. The van der Waals surface area contributed by atoms with E-state index in [-0.39, 0.29) is 24.0 Å². The van der Waals surface area contributed by atoms with E-state index in [0.29, 0.717) is 6.42 Å². The molecule has 2 N–H and O–H groups in total. The maximum absolute atomic E-state index is 11.6. The highest BCUT2D eigenvalue weighted by Crippen LogP contribution is 2.58. The van der Waals surface area contributed by atoms with Gasteiger partial charge in [-0.2, -0.15) is 0 Å². The fourth-order valence-electron chi connectivity index (χ4n) is 4.34. The number of carboxylic acid groups (broad SMARTS) is 2. The molecule has 4 rings (SSSR count). The Balaban J connectivity index is 1.68. The van der Waals surface area contributed by atoms with Gasteiger partial charge in [0, 0.05) is 0 Å². The van der Waals surface area contributed by atoms with Crippen LogP contribution >= 0.6 is 0 Å². The normalized spacial score (nSPS) is 43.2. The predicted molar refractivity (Wildman–Crippen MR) is 69.6 cm³/mol. The topological polar surface area (TPSA) is 99.7 Å². The second-order valence-electron chi connectivity index (χ2n) is 6.55. The first-order valence-corrected chi connectivity index (χ1v) is 7.47. The lowest BCUT2D eigenvalue weighted by molar-refractivity contribution is -0.154. The Kier molecular flexibility index (Phi) is 2.87. The van der Waals surface area contributed by atoms with Crippen molar-refractivity contribution < 1.29 is 29.3 Å². The van der Waals surface area contributed by atoms with Crippen molar-refractivity contribution in [3.8, 4) is 0 Å². The van der Waals surface area contributed by atoms with E-state index in [9.17, 15) is 19.8 Å². The second-order valence-corrected chi connectivity index (χ2v) is 6.55. The third-order valence-corrected chi connectivity index (χ3v) is 5.34. The zero-order valence-electron chi connectivity index (χ0n) is 11.5. The van der Waals surface area contributed by atoms with E-state index in [2.05, 4.69) is 0 Å². The smallest absolute Gasteiger partial charge is 0.308 e. The number of carbonyl (C=O) groups is 2. The number of hydrogen-bond donors (Lipinski definition) is 2. The summed E-state index contributed by atoms with van der Waals surface area (Å²) in [6.45, 7) is 1.46. The summed E-state index contributed by atoms with van der Waals surface area (Å²) in [5.74, 6) is -3.80. The summed E-state index contributed by atoms with van der Waals surface area (Å²) >= 11 is 0. The number of epoxide rings is 2. The van der Waals surface area contributed by atoms with Crippen molar-refractivity contribution in [2.75, 3.05) is 13.2 Å². The van der Waals surface area contributed by atoms with Crippen LogP contribution in [-0.4, -0.2) is 47.6 Å². The first kappa shape index (κ1) is 13.3. The zero-order valence-corrected chi connectivity index (χ0v) is 11.5. The molecular weight excluding hydrogens is 276 g/mol. The number of carboxylic acids is 2. The maximum Gasteiger partial charge on any atom is 0.308 e. The van der Waals surface area contributed by atoms with Gasteiger partial charge in [-0.25, -0.2) is 0 Å². The highest BCUT2D eigenvalue weighted by Gasteiger charge is 2.58. The van der Waals surface area contributed by atoms with Crippen LogP contribution in [0.5, 0.6) is 0 Å². The lowest BCUT2D eigenvalue weighted by atomic mass is 9.73. The van der Waals surface area contributed by atoms with Crippen molar-refractivity contribution >= 4 is 11.9 Å². The Bertz CT molecular complexity index is 484. The maximum atomic E-state index is 11.6. The van der Waals surface area contributed by atoms with Crippen LogP contribution in [0.2, 0.25) is 0 Å². The molecule has 6 nitrogen and oxygen atoms in total. The second kappa shape index (κ2) is 4.55. The van der Waals surface area contributed by atoms with Crippen LogP contribution in [0.1, 0.15) is 19.3 Å². The Labute approximate surface area is 121 Å². The summed E-state index contributed by atoms with van der Waals surface area (Å²) in [6, 6.07) is 0. The summed E-state index contributed by atoms with van der Waals surface area (Å²) in [4.78, 5) is 23.1. The van der Waals surface area contributed by atoms with Gasteiger partial charge in [0.05, 0.1) is 37.3 Å². The fraction of sp³-hybridized carbons (Fsp3) is 0.733. The van der Waals surface area contributed by atoms with Gasteiger partial charge in [-0.1, -0.05) is 11.1 Å².